The van der Waals surface area contributed by atoms with E-state index < -0.39 is 18.5 Å². The number of fused-ring (bicyclic) bond motifs is 6. The molecule has 0 aliphatic carbocycles. The van der Waals surface area contributed by atoms with E-state index in [1.807, 2.05) is 61.5 Å². The van der Waals surface area contributed by atoms with Gasteiger partial charge >= 0.3 is 0 Å². The van der Waals surface area contributed by atoms with E-state index in [9.17, 15) is 0 Å². The van der Waals surface area contributed by atoms with Gasteiger partial charge < -0.3 is 8.83 Å². The first-order valence-electron chi connectivity index (χ1n) is 13.4. The molecule has 0 unspecified atom stereocenters. The minimum atomic E-state index is -2.59. The number of aryl methyl sites for hydroxylation is 3. The Balaban J connectivity index is 1.49. The van der Waals surface area contributed by atoms with Gasteiger partial charge in [-0.1, -0.05) is 36.4 Å². The Morgan fingerprint density at radius 2 is 1.43 bits per heavy atom. The molecule has 180 valence electrons. The Kier molecular flexibility index (Phi) is 3.92. The van der Waals surface area contributed by atoms with Crippen LogP contribution in [0.15, 0.2) is 87.8 Å². The van der Waals surface area contributed by atoms with E-state index >= 15 is 8.78 Å². The highest BCUT2D eigenvalue weighted by Gasteiger charge is 2.24. The second kappa shape index (κ2) is 7.74. The van der Waals surface area contributed by atoms with Crippen molar-refractivity contribution < 1.29 is 26.3 Å². The minimum Gasteiger partial charge on any atom is -0.456 e. The summed E-state index contributed by atoms with van der Waals surface area (Å²) in [5, 5.41) is 3.36. The summed E-state index contributed by atoms with van der Waals surface area (Å²) >= 11 is 0. The first-order valence-corrected chi connectivity index (χ1v) is 11.9. The van der Waals surface area contributed by atoms with Crippen LogP contribution >= 0.6 is 0 Å². The smallest absolute Gasteiger partial charge is 0.219 e. The fourth-order valence-electron chi connectivity index (χ4n) is 5.32. The maximum absolute atomic E-state index is 15.5. The summed E-state index contributed by atoms with van der Waals surface area (Å²) in [7, 11) is 1.67. The Labute approximate surface area is 215 Å². The molecular weight excluding hydrogens is 468 g/mol. The Morgan fingerprint density at radius 3 is 2.27 bits per heavy atom. The molecule has 0 radical (unpaired) electrons. The van der Waals surface area contributed by atoms with Crippen LogP contribution in [0.2, 0.25) is 0 Å². The molecule has 0 fully saturated rings. The van der Waals surface area contributed by atoms with Crippen molar-refractivity contribution in [3.05, 3.63) is 102 Å². The summed E-state index contributed by atoms with van der Waals surface area (Å²) in [6.45, 7) is -0.720. The largest absolute Gasteiger partial charge is 0.456 e. The van der Waals surface area contributed by atoms with E-state index in [0.29, 0.717) is 44.5 Å². The van der Waals surface area contributed by atoms with Gasteiger partial charge in [0, 0.05) is 37.3 Å². The summed E-state index contributed by atoms with van der Waals surface area (Å²) < 4.78 is 67.6. The second-order valence-corrected chi connectivity index (χ2v) is 9.38. The van der Waals surface area contributed by atoms with E-state index in [-0.39, 0.29) is 5.56 Å². The molecule has 7 aromatic rings. The van der Waals surface area contributed by atoms with Crippen LogP contribution in [0.4, 0.5) is 8.78 Å². The third-order valence-electron chi connectivity index (χ3n) is 7.11. The highest BCUT2D eigenvalue weighted by Crippen LogP contribution is 2.42. The zero-order valence-electron chi connectivity index (χ0n) is 23.0. The molecular formula is C32H22F2NO2+. The van der Waals surface area contributed by atoms with E-state index in [1.165, 1.54) is 18.3 Å². The maximum Gasteiger partial charge on any atom is 0.219 e. The molecule has 0 aliphatic heterocycles. The second-order valence-electron chi connectivity index (χ2n) is 9.38. The molecule has 0 bridgehead atoms. The number of aromatic nitrogens is 1. The topological polar surface area (TPSA) is 30.2 Å². The van der Waals surface area contributed by atoms with Crippen molar-refractivity contribution in [1.29, 1.82) is 0 Å². The zero-order chi connectivity index (χ0) is 27.9. The lowest BCUT2D eigenvalue weighted by atomic mass is 9.98. The zero-order valence-corrected chi connectivity index (χ0v) is 20.0. The third-order valence-corrected chi connectivity index (χ3v) is 7.11. The van der Waals surface area contributed by atoms with Crippen molar-refractivity contribution in [3.8, 4) is 22.4 Å². The molecule has 0 saturated heterocycles. The number of pyridine rings is 1. The molecule has 0 amide bonds. The summed E-state index contributed by atoms with van der Waals surface area (Å²) in [6.07, 6.45) is 1.28. The lowest BCUT2D eigenvalue weighted by molar-refractivity contribution is -0.661. The lowest BCUT2D eigenvalue weighted by Gasteiger charge is -2.06. The van der Waals surface area contributed by atoms with Gasteiger partial charge in [0.1, 0.15) is 41.0 Å². The SMILES string of the molecule is [2H]C([2H])([2H])c1c[n+](C)c(-c2c(C)ccc3c2oc2c(-c4ccc5c(c4)oc4ccccc45)c(F)ccc23)cc1F. The van der Waals surface area contributed by atoms with Gasteiger partial charge in [0.05, 0.1) is 11.1 Å². The van der Waals surface area contributed by atoms with Crippen LogP contribution < -0.4 is 4.57 Å². The standard InChI is InChI=1S/C32H22F2NO2/c1-17-8-10-22-23-12-13-24(33)30(19-9-11-21-20-6-4-5-7-27(20)36-28(21)14-19)32(23)37-31(22)29(17)26-15-25(34)18(2)16-35(26)3/h4-16H,1-3H3/q+1/i2D3. The molecule has 0 saturated carbocycles. The summed E-state index contributed by atoms with van der Waals surface area (Å²) in [6, 6.07) is 21.4. The average Bonchev–Trinajstić information content (AvgIpc) is 3.47. The fraction of sp³-hybridized carbons (Fsp3) is 0.0938. The number of rotatable bonds is 2. The highest BCUT2D eigenvalue weighted by atomic mass is 19.1. The molecule has 3 nitrogen and oxygen atoms in total. The van der Waals surface area contributed by atoms with Gasteiger partial charge in [-0.05, 0) is 55.2 Å². The number of benzene rings is 4. The monoisotopic (exact) mass is 493 g/mol. The van der Waals surface area contributed by atoms with Crippen LogP contribution in [-0.2, 0) is 7.05 Å². The average molecular weight is 494 g/mol. The molecule has 0 spiro atoms. The molecule has 7 rings (SSSR count). The van der Waals surface area contributed by atoms with Crippen molar-refractivity contribution in [2.45, 2.75) is 13.8 Å². The van der Waals surface area contributed by atoms with Crippen LogP contribution in [0.5, 0.6) is 0 Å². The van der Waals surface area contributed by atoms with Gasteiger partial charge in [-0.3, -0.25) is 0 Å². The molecule has 3 aromatic heterocycles. The minimum absolute atomic E-state index is 0.299. The molecule has 0 atom stereocenters. The number of para-hydroxylation sites is 1. The van der Waals surface area contributed by atoms with Crippen LogP contribution in [0.3, 0.4) is 0 Å². The Bertz CT molecular complexity index is 2160. The highest BCUT2D eigenvalue weighted by molar-refractivity contribution is 6.14. The van der Waals surface area contributed by atoms with E-state index in [2.05, 4.69) is 0 Å². The first kappa shape index (κ1) is 18.7. The number of hydrogen-bond acceptors (Lipinski definition) is 2. The number of halogens is 2. The van der Waals surface area contributed by atoms with Gasteiger partial charge in [0.25, 0.3) is 0 Å². The lowest BCUT2D eigenvalue weighted by Crippen LogP contribution is -2.31. The van der Waals surface area contributed by atoms with Crippen LogP contribution in [0.25, 0.3) is 66.3 Å². The molecule has 0 aliphatic rings. The molecule has 0 N–H and O–H groups in total. The molecule has 37 heavy (non-hydrogen) atoms. The van der Waals surface area contributed by atoms with Crippen LogP contribution in [0, 0.1) is 25.4 Å². The molecule has 3 heterocycles. The van der Waals surface area contributed by atoms with Gasteiger partial charge in [-0.2, -0.15) is 0 Å². The third kappa shape index (κ3) is 3.13. The fourth-order valence-corrected chi connectivity index (χ4v) is 5.32. The van der Waals surface area contributed by atoms with E-state index in [1.54, 1.807) is 17.7 Å². The number of nitrogens with zero attached hydrogens (tertiary/aromatic N) is 1. The van der Waals surface area contributed by atoms with Crippen LogP contribution in [-0.4, -0.2) is 0 Å². The van der Waals surface area contributed by atoms with Crippen molar-refractivity contribution >= 4 is 43.9 Å². The first-order chi connectivity index (χ1) is 19.1. The number of hydrogen-bond donors (Lipinski definition) is 0. The van der Waals surface area contributed by atoms with Gasteiger partial charge in [0.2, 0.25) is 5.69 Å². The van der Waals surface area contributed by atoms with Crippen molar-refractivity contribution in [2.24, 2.45) is 7.05 Å². The van der Waals surface area contributed by atoms with E-state index in [0.717, 1.165) is 27.3 Å². The summed E-state index contributed by atoms with van der Waals surface area (Å²) in [5.41, 5.74) is 4.60. The summed E-state index contributed by atoms with van der Waals surface area (Å²) in [5.74, 6) is -1.27. The van der Waals surface area contributed by atoms with Crippen molar-refractivity contribution in [2.75, 3.05) is 0 Å². The van der Waals surface area contributed by atoms with Crippen LogP contribution in [0.1, 0.15) is 15.2 Å². The van der Waals surface area contributed by atoms with E-state index in [4.69, 9.17) is 12.9 Å². The van der Waals surface area contributed by atoms with Crippen molar-refractivity contribution in [3.63, 3.8) is 0 Å². The van der Waals surface area contributed by atoms with Gasteiger partial charge in [-0.15, -0.1) is 0 Å². The predicted octanol–water partition coefficient (Wildman–Crippen LogP) is 8.54. The quantitative estimate of drug-likeness (QED) is 0.226. The Morgan fingerprint density at radius 1 is 0.703 bits per heavy atom. The van der Waals surface area contributed by atoms with Gasteiger partial charge in [0.15, 0.2) is 6.20 Å². The maximum atomic E-state index is 15.5. The predicted molar refractivity (Wildman–Crippen MR) is 142 cm³/mol. The normalized spacial score (nSPS) is 13.5. The van der Waals surface area contributed by atoms with Crippen molar-refractivity contribution in [1.82, 2.24) is 0 Å². The number of furan rings is 2. The molecule has 5 heteroatoms. The Hall–Kier alpha value is -4.51. The van der Waals surface area contributed by atoms with Gasteiger partial charge in [-0.25, -0.2) is 13.3 Å². The summed E-state index contributed by atoms with van der Waals surface area (Å²) in [4.78, 5) is 0. The molecule has 4 aromatic carbocycles.